The number of rotatable bonds is 5. The Balaban J connectivity index is 1.63. The number of nitrogens with zero attached hydrogens (tertiary/aromatic N) is 3. The summed E-state index contributed by atoms with van der Waals surface area (Å²) in [7, 11) is 1.52. The summed E-state index contributed by atoms with van der Waals surface area (Å²) in [5.41, 5.74) is 1.50. The molecule has 1 amide bonds. The Morgan fingerprint density at radius 3 is 2.86 bits per heavy atom. The van der Waals surface area contributed by atoms with Gasteiger partial charge in [-0.3, -0.25) is 9.69 Å². The molecule has 4 rings (SSSR count). The van der Waals surface area contributed by atoms with Crippen LogP contribution in [0.4, 0.5) is 0 Å². The summed E-state index contributed by atoms with van der Waals surface area (Å²) in [6.45, 7) is 3.02. The van der Waals surface area contributed by atoms with Gasteiger partial charge in [0.1, 0.15) is 0 Å². The van der Waals surface area contributed by atoms with E-state index in [0.29, 0.717) is 30.9 Å². The lowest BCUT2D eigenvalue weighted by atomic mass is 9.99. The maximum atomic E-state index is 13.1. The molecule has 2 aromatic rings. The molecule has 2 aliphatic heterocycles. The van der Waals surface area contributed by atoms with E-state index in [9.17, 15) is 9.90 Å². The van der Waals surface area contributed by atoms with E-state index in [2.05, 4.69) is 10.0 Å². The number of morpholine rings is 1. The monoisotopic (exact) mass is 401 g/mol. The highest BCUT2D eigenvalue weighted by Crippen LogP contribution is 2.41. The molecule has 0 unspecified atom stereocenters. The Kier molecular flexibility index (Phi) is 5.61. The van der Waals surface area contributed by atoms with Gasteiger partial charge in [0, 0.05) is 25.1 Å². The quantitative estimate of drug-likeness (QED) is 0.833. The van der Waals surface area contributed by atoms with Crippen LogP contribution >= 0.6 is 11.3 Å². The summed E-state index contributed by atoms with van der Waals surface area (Å²) >= 11 is 1.60. The summed E-state index contributed by atoms with van der Waals surface area (Å²) in [4.78, 5) is 16.2. The number of ether oxygens (including phenoxy) is 2. The van der Waals surface area contributed by atoms with Gasteiger partial charge in [-0.15, -0.1) is 11.3 Å². The zero-order chi connectivity index (χ0) is 19.5. The van der Waals surface area contributed by atoms with Crippen LogP contribution in [0.5, 0.6) is 11.5 Å². The summed E-state index contributed by atoms with van der Waals surface area (Å²) in [6, 6.07) is 8.96. The lowest BCUT2D eigenvalue weighted by molar-refractivity contribution is -0.135. The number of benzene rings is 1. The molecule has 7 nitrogen and oxygen atoms in total. The fraction of sp³-hybridized carbons (Fsp3) is 0.400. The van der Waals surface area contributed by atoms with E-state index in [4.69, 9.17) is 9.47 Å². The van der Waals surface area contributed by atoms with Crippen molar-refractivity contribution in [3.63, 3.8) is 0 Å². The molecule has 1 fully saturated rings. The largest absolute Gasteiger partial charge is 0.504 e. The van der Waals surface area contributed by atoms with Crippen molar-refractivity contribution in [2.24, 2.45) is 5.10 Å². The number of methoxy groups -OCH3 is 1. The molecule has 28 heavy (non-hydrogen) atoms. The highest BCUT2D eigenvalue weighted by Gasteiger charge is 2.36. The van der Waals surface area contributed by atoms with Crippen molar-refractivity contribution in [2.45, 2.75) is 12.5 Å². The van der Waals surface area contributed by atoms with Gasteiger partial charge in [0.15, 0.2) is 11.5 Å². The van der Waals surface area contributed by atoms with Gasteiger partial charge < -0.3 is 14.6 Å². The first kappa shape index (κ1) is 18.9. The van der Waals surface area contributed by atoms with Crippen molar-refractivity contribution in [3.05, 3.63) is 46.2 Å². The average Bonchev–Trinajstić information content (AvgIpc) is 3.39. The van der Waals surface area contributed by atoms with Crippen molar-refractivity contribution in [1.29, 1.82) is 0 Å². The minimum Gasteiger partial charge on any atom is -0.504 e. The number of hydrogen-bond donors (Lipinski definition) is 1. The van der Waals surface area contributed by atoms with Crippen molar-refractivity contribution < 1.29 is 19.4 Å². The Labute approximate surface area is 167 Å². The first-order valence-electron chi connectivity index (χ1n) is 9.26. The van der Waals surface area contributed by atoms with Gasteiger partial charge >= 0.3 is 0 Å². The van der Waals surface area contributed by atoms with E-state index in [1.54, 1.807) is 17.4 Å². The van der Waals surface area contributed by atoms with Crippen LogP contribution in [0, 0.1) is 0 Å². The minimum atomic E-state index is -0.360. The SMILES string of the molecule is COc1cccc([C@@H]2CC(c3cccs3)=NN2C(=O)CN2CCOCC2)c1O. The number of phenolic OH excluding ortho intramolecular Hbond substituents is 1. The zero-order valence-electron chi connectivity index (χ0n) is 15.7. The van der Waals surface area contributed by atoms with E-state index in [0.717, 1.165) is 23.7 Å². The molecule has 1 aromatic heterocycles. The molecule has 1 N–H and O–H groups in total. The van der Waals surface area contributed by atoms with Crippen LogP contribution in [0.3, 0.4) is 0 Å². The van der Waals surface area contributed by atoms with E-state index in [1.807, 2.05) is 29.6 Å². The molecule has 1 atom stereocenters. The summed E-state index contributed by atoms with van der Waals surface area (Å²) in [5, 5.41) is 18.8. The van der Waals surface area contributed by atoms with Crippen molar-refractivity contribution >= 4 is 23.0 Å². The number of aromatic hydroxyl groups is 1. The predicted molar refractivity (Wildman–Crippen MR) is 107 cm³/mol. The van der Waals surface area contributed by atoms with E-state index >= 15 is 0 Å². The zero-order valence-corrected chi connectivity index (χ0v) is 16.5. The van der Waals surface area contributed by atoms with Crippen molar-refractivity contribution in [1.82, 2.24) is 9.91 Å². The number of hydrogen-bond acceptors (Lipinski definition) is 7. The summed E-state index contributed by atoms with van der Waals surface area (Å²) < 4.78 is 10.6. The van der Waals surface area contributed by atoms with Gasteiger partial charge in [-0.2, -0.15) is 5.10 Å². The Hall–Kier alpha value is -2.42. The van der Waals surface area contributed by atoms with Crippen LogP contribution < -0.4 is 4.74 Å². The van der Waals surface area contributed by atoms with Gasteiger partial charge in [-0.1, -0.05) is 18.2 Å². The normalized spacial score (nSPS) is 20.2. The second-order valence-corrected chi connectivity index (χ2v) is 7.72. The first-order chi connectivity index (χ1) is 13.7. The molecular weight excluding hydrogens is 378 g/mol. The molecule has 1 saturated heterocycles. The molecule has 148 valence electrons. The number of amides is 1. The highest BCUT2D eigenvalue weighted by molar-refractivity contribution is 7.12. The highest BCUT2D eigenvalue weighted by atomic mass is 32.1. The first-order valence-corrected chi connectivity index (χ1v) is 10.1. The lowest BCUT2D eigenvalue weighted by Gasteiger charge is -2.29. The fourth-order valence-electron chi connectivity index (χ4n) is 3.57. The number of phenols is 1. The molecule has 0 bridgehead atoms. The molecule has 1 aromatic carbocycles. The van der Waals surface area contributed by atoms with Gasteiger partial charge in [0.05, 0.1) is 43.5 Å². The Morgan fingerprint density at radius 2 is 2.14 bits per heavy atom. The number of hydrazone groups is 1. The van der Waals surface area contributed by atoms with Crippen LogP contribution in [0.1, 0.15) is 22.9 Å². The molecule has 2 aliphatic rings. The van der Waals surface area contributed by atoms with Gasteiger partial charge in [-0.05, 0) is 17.5 Å². The van der Waals surface area contributed by atoms with Crippen LogP contribution in [0.25, 0.3) is 0 Å². The van der Waals surface area contributed by atoms with Crippen LogP contribution in [-0.4, -0.2) is 66.6 Å². The van der Waals surface area contributed by atoms with E-state index < -0.39 is 0 Å². The number of thiophene rings is 1. The molecule has 0 aliphatic carbocycles. The maximum absolute atomic E-state index is 13.1. The molecule has 0 spiro atoms. The minimum absolute atomic E-state index is 0.0572. The van der Waals surface area contributed by atoms with Gasteiger partial charge in [0.2, 0.25) is 0 Å². The third-order valence-electron chi connectivity index (χ3n) is 5.04. The Morgan fingerprint density at radius 1 is 1.32 bits per heavy atom. The topological polar surface area (TPSA) is 74.6 Å². The van der Waals surface area contributed by atoms with Crippen molar-refractivity contribution in [3.8, 4) is 11.5 Å². The number of para-hydroxylation sites is 1. The number of carbonyl (C=O) groups is 1. The molecule has 0 saturated carbocycles. The van der Waals surface area contributed by atoms with Gasteiger partial charge in [-0.25, -0.2) is 5.01 Å². The molecule has 3 heterocycles. The predicted octanol–water partition coefficient (Wildman–Crippen LogP) is 2.47. The van der Waals surface area contributed by atoms with Crippen LogP contribution in [-0.2, 0) is 9.53 Å². The smallest absolute Gasteiger partial charge is 0.257 e. The second-order valence-electron chi connectivity index (χ2n) is 6.77. The Bertz CT molecular complexity index is 862. The molecular formula is C20H23N3O4S. The third-order valence-corrected chi connectivity index (χ3v) is 5.96. The maximum Gasteiger partial charge on any atom is 0.257 e. The average molecular weight is 401 g/mol. The standard InChI is InChI=1S/C20H23N3O4S/c1-26-17-5-2-4-14(20(17)25)16-12-15(18-6-3-11-28-18)21-23(16)19(24)13-22-7-9-27-10-8-22/h2-6,11,16,25H,7-10,12-13H2,1H3/t16-/m0/s1. The third kappa shape index (κ3) is 3.76. The summed E-state index contributed by atoms with van der Waals surface area (Å²) in [5.74, 6) is 0.366. The van der Waals surface area contributed by atoms with Crippen LogP contribution in [0.2, 0.25) is 0 Å². The van der Waals surface area contributed by atoms with E-state index in [-0.39, 0.29) is 24.2 Å². The summed E-state index contributed by atoms with van der Waals surface area (Å²) in [6.07, 6.45) is 0.552. The van der Waals surface area contributed by atoms with Crippen LogP contribution in [0.15, 0.2) is 40.8 Å². The lowest BCUT2D eigenvalue weighted by Crippen LogP contribution is -2.43. The van der Waals surface area contributed by atoms with Crippen molar-refractivity contribution in [2.75, 3.05) is 40.0 Å². The second kappa shape index (κ2) is 8.30. The fourth-order valence-corrected chi connectivity index (χ4v) is 4.29. The molecule has 8 heteroatoms. The number of carbonyl (C=O) groups excluding carboxylic acids is 1. The van der Waals surface area contributed by atoms with E-state index in [1.165, 1.54) is 12.1 Å². The molecule has 0 radical (unpaired) electrons. The van der Waals surface area contributed by atoms with Gasteiger partial charge in [0.25, 0.3) is 5.91 Å².